The Kier molecular flexibility index (Phi) is 5.34. The van der Waals surface area contributed by atoms with E-state index in [9.17, 15) is 0 Å². The molecule has 23 heavy (non-hydrogen) atoms. The van der Waals surface area contributed by atoms with E-state index in [4.69, 9.17) is 4.74 Å². The molecule has 0 N–H and O–H groups in total. The maximum absolute atomic E-state index is 5.41. The fourth-order valence-electron chi connectivity index (χ4n) is 3.09. The second kappa shape index (κ2) is 7.85. The normalized spacial score (nSPS) is 16.2. The second-order valence-electron chi connectivity index (χ2n) is 5.88. The maximum Gasteiger partial charge on any atom is 0.134 e. The minimum Gasteiger partial charge on any atom is -0.495 e. The lowest BCUT2D eigenvalue weighted by Gasteiger charge is -2.31. The topological polar surface area (TPSA) is 12.5 Å². The third-order valence-electron chi connectivity index (χ3n) is 4.32. The number of para-hydroxylation sites is 1. The first-order valence-electron chi connectivity index (χ1n) is 8.32. The van der Waals surface area contributed by atoms with Gasteiger partial charge in [0.1, 0.15) is 5.75 Å². The van der Waals surface area contributed by atoms with Crippen LogP contribution in [0, 0.1) is 11.8 Å². The van der Waals surface area contributed by atoms with E-state index >= 15 is 0 Å². The van der Waals surface area contributed by atoms with Gasteiger partial charge >= 0.3 is 0 Å². The van der Waals surface area contributed by atoms with E-state index in [-0.39, 0.29) is 6.04 Å². The minimum absolute atomic E-state index is 0.154. The number of hydrogen-bond donors (Lipinski definition) is 0. The third kappa shape index (κ3) is 3.94. The molecule has 2 nitrogen and oxygen atoms in total. The number of piperidine rings is 1. The third-order valence-corrected chi connectivity index (χ3v) is 4.32. The Balaban J connectivity index is 1.91. The van der Waals surface area contributed by atoms with Crippen LogP contribution in [0.3, 0.4) is 0 Å². The smallest absolute Gasteiger partial charge is 0.134 e. The number of likely N-dealkylation sites (tertiary alicyclic amines) is 1. The molecule has 2 heteroatoms. The Bertz CT molecular complexity index is 678. The van der Waals surface area contributed by atoms with E-state index in [2.05, 4.69) is 47.1 Å². The molecule has 1 atom stereocenters. The summed E-state index contributed by atoms with van der Waals surface area (Å²) >= 11 is 0. The molecule has 2 aromatic carbocycles. The molecule has 1 heterocycles. The fourth-order valence-corrected chi connectivity index (χ4v) is 3.09. The van der Waals surface area contributed by atoms with E-state index in [0.29, 0.717) is 0 Å². The van der Waals surface area contributed by atoms with Crippen molar-refractivity contribution in [1.29, 1.82) is 0 Å². The summed E-state index contributed by atoms with van der Waals surface area (Å²) < 4.78 is 5.41. The molecule has 0 bridgehead atoms. The van der Waals surface area contributed by atoms with Crippen molar-refractivity contribution < 1.29 is 4.74 Å². The summed E-state index contributed by atoms with van der Waals surface area (Å²) in [4.78, 5) is 2.50. The molecule has 2 aromatic rings. The average Bonchev–Trinajstić information content (AvgIpc) is 2.64. The molecule has 3 rings (SSSR count). The number of methoxy groups -OCH3 is 1. The van der Waals surface area contributed by atoms with Crippen LogP contribution >= 0.6 is 0 Å². The van der Waals surface area contributed by atoms with Crippen LogP contribution in [0.25, 0.3) is 0 Å². The zero-order chi connectivity index (χ0) is 15.9. The van der Waals surface area contributed by atoms with Crippen molar-refractivity contribution in [3.63, 3.8) is 0 Å². The summed E-state index contributed by atoms with van der Waals surface area (Å²) in [5.41, 5.74) is 2.23. The van der Waals surface area contributed by atoms with Gasteiger partial charge in [0.2, 0.25) is 0 Å². The van der Waals surface area contributed by atoms with Crippen molar-refractivity contribution in [2.24, 2.45) is 0 Å². The van der Waals surface area contributed by atoms with E-state index in [1.807, 2.05) is 24.3 Å². The van der Waals surface area contributed by atoms with Crippen LogP contribution in [0.4, 0.5) is 0 Å². The Morgan fingerprint density at radius 2 is 1.61 bits per heavy atom. The zero-order valence-corrected chi connectivity index (χ0v) is 13.7. The molecule has 1 aliphatic rings. The van der Waals surface area contributed by atoms with Crippen LogP contribution in [0.15, 0.2) is 54.6 Å². The molecule has 0 saturated carbocycles. The van der Waals surface area contributed by atoms with Gasteiger partial charge in [-0.25, -0.2) is 0 Å². The van der Waals surface area contributed by atoms with Gasteiger partial charge in [0.25, 0.3) is 0 Å². The standard InChI is InChI=1S/C21H23NO/c1-23-21-13-7-6-12-19(21)14-15-20(18-10-4-2-5-11-18)22-16-8-3-9-17-22/h2,4-7,10-13,20H,3,8-9,16-17H2,1H3. The molecule has 0 aromatic heterocycles. The first kappa shape index (κ1) is 15.6. The number of nitrogens with zero attached hydrogens (tertiary/aromatic N) is 1. The van der Waals surface area contributed by atoms with Crippen LogP contribution in [0.2, 0.25) is 0 Å². The number of rotatable bonds is 3. The summed E-state index contributed by atoms with van der Waals surface area (Å²) in [5, 5.41) is 0. The zero-order valence-electron chi connectivity index (χ0n) is 13.7. The van der Waals surface area contributed by atoms with Crippen molar-refractivity contribution in [2.75, 3.05) is 20.2 Å². The quantitative estimate of drug-likeness (QED) is 0.785. The molecular formula is C21H23NO. The van der Waals surface area contributed by atoms with Gasteiger partial charge in [0, 0.05) is 0 Å². The number of benzene rings is 2. The van der Waals surface area contributed by atoms with Gasteiger partial charge in [0.05, 0.1) is 18.7 Å². The summed E-state index contributed by atoms with van der Waals surface area (Å²) in [7, 11) is 1.69. The Labute approximate surface area is 139 Å². The molecular weight excluding hydrogens is 282 g/mol. The van der Waals surface area contributed by atoms with Gasteiger partial charge in [-0.2, -0.15) is 0 Å². The van der Waals surface area contributed by atoms with Gasteiger partial charge in [-0.15, -0.1) is 0 Å². The predicted molar refractivity (Wildman–Crippen MR) is 94.5 cm³/mol. The van der Waals surface area contributed by atoms with Crippen molar-refractivity contribution in [3.05, 3.63) is 65.7 Å². The van der Waals surface area contributed by atoms with Crippen molar-refractivity contribution in [3.8, 4) is 17.6 Å². The Morgan fingerprint density at radius 1 is 0.913 bits per heavy atom. The van der Waals surface area contributed by atoms with E-state index in [0.717, 1.165) is 24.4 Å². The van der Waals surface area contributed by atoms with Gasteiger partial charge in [-0.05, 0) is 43.6 Å². The summed E-state index contributed by atoms with van der Waals surface area (Å²) in [6.45, 7) is 2.25. The lowest BCUT2D eigenvalue weighted by molar-refractivity contribution is 0.197. The first-order valence-corrected chi connectivity index (χ1v) is 8.32. The van der Waals surface area contributed by atoms with Crippen LogP contribution in [0.1, 0.15) is 36.4 Å². The van der Waals surface area contributed by atoms with Crippen LogP contribution in [-0.4, -0.2) is 25.1 Å². The molecule has 1 saturated heterocycles. The van der Waals surface area contributed by atoms with Crippen LogP contribution < -0.4 is 4.74 Å². The second-order valence-corrected chi connectivity index (χ2v) is 5.88. The van der Waals surface area contributed by atoms with Crippen LogP contribution in [0.5, 0.6) is 5.75 Å². The van der Waals surface area contributed by atoms with Gasteiger partial charge in [-0.3, -0.25) is 4.90 Å². The minimum atomic E-state index is 0.154. The molecule has 118 valence electrons. The van der Waals surface area contributed by atoms with Crippen LogP contribution in [-0.2, 0) is 0 Å². The van der Waals surface area contributed by atoms with Crippen molar-refractivity contribution in [1.82, 2.24) is 4.90 Å². The van der Waals surface area contributed by atoms with Crippen molar-refractivity contribution >= 4 is 0 Å². The van der Waals surface area contributed by atoms with E-state index < -0.39 is 0 Å². The molecule has 0 aliphatic carbocycles. The van der Waals surface area contributed by atoms with Gasteiger partial charge < -0.3 is 4.74 Å². The Hall–Kier alpha value is -2.24. The first-order chi connectivity index (χ1) is 11.4. The lowest BCUT2D eigenvalue weighted by atomic mass is 10.0. The molecule has 0 spiro atoms. The molecule has 1 fully saturated rings. The predicted octanol–water partition coefficient (Wildman–Crippen LogP) is 4.27. The largest absolute Gasteiger partial charge is 0.495 e. The Morgan fingerprint density at radius 3 is 2.35 bits per heavy atom. The lowest BCUT2D eigenvalue weighted by Crippen LogP contribution is -2.33. The SMILES string of the molecule is COc1ccccc1C#CC(c1ccccc1)N1CCCCC1. The number of ether oxygens (including phenoxy) is 1. The van der Waals surface area contributed by atoms with Gasteiger partial charge in [0.15, 0.2) is 0 Å². The highest BCUT2D eigenvalue weighted by atomic mass is 16.5. The average molecular weight is 305 g/mol. The van der Waals surface area contributed by atoms with E-state index in [1.165, 1.54) is 24.8 Å². The summed E-state index contributed by atoms with van der Waals surface area (Å²) in [6, 6.07) is 18.7. The van der Waals surface area contributed by atoms with E-state index in [1.54, 1.807) is 7.11 Å². The summed E-state index contributed by atoms with van der Waals surface area (Å²) in [6.07, 6.45) is 3.86. The summed E-state index contributed by atoms with van der Waals surface area (Å²) in [5.74, 6) is 7.67. The fraction of sp³-hybridized carbons (Fsp3) is 0.333. The maximum atomic E-state index is 5.41. The highest BCUT2D eigenvalue weighted by Gasteiger charge is 2.20. The highest BCUT2D eigenvalue weighted by molar-refractivity contribution is 5.47. The monoisotopic (exact) mass is 305 g/mol. The molecule has 1 unspecified atom stereocenters. The highest BCUT2D eigenvalue weighted by Crippen LogP contribution is 2.24. The molecule has 0 amide bonds. The molecule has 1 aliphatic heterocycles. The number of hydrogen-bond acceptors (Lipinski definition) is 2. The van der Waals surface area contributed by atoms with Crippen molar-refractivity contribution in [2.45, 2.75) is 25.3 Å². The van der Waals surface area contributed by atoms with Gasteiger partial charge in [-0.1, -0.05) is 60.7 Å². The molecule has 0 radical (unpaired) electrons.